The van der Waals surface area contributed by atoms with Gasteiger partial charge in [0.05, 0.1) is 0 Å². The molecule has 0 amide bonds. The van der Waals surface area contributed by atoms with Crippen molar-refractivity contribution in [3.05, 3.63) is 46.0 Å². The number of nitro groups is 1. The summed E-state index contributed by atoms with van der Waals surface area (Å²) in [5.41, 5.74) is 12.0. The molecule has 1 atom stereocenters. The van der Waals surface area contributed by atoms with Crippen LogP contribution in [-0.2, 0) is 6.42 Å². The zero-order valence-corrected chi connectivity index (χ0v) is 9.13. The van der Waals surface area contributed by atoms with Crippen molar-refractivity contribution < 1.29 is 4.92 Å². The molecule has 0 aliphatic heterocycles. The number of benzene rings is 1. The number of hydrogen-bond donors (Lipinski definition) is 2. The number of hydrogen-bond acceptors (Lipinski definition) is 4. The molecule has 17 heavy (non-hydrogen) atoms. The molecule has 0 saturated carbocycles. The van der Waals surface area contributed by atoms with E-state index in [1.54, 1.807) is 0 Å². The van der Waals surface area contributed by atoms with Crippen molar-refractivity contribution in [2.75, 3.05) is 13.1 Å². The van der Waals surface area contributed by atoms with Gasteiger partial charge < -0.3 is 11.5 Å². The van der Waals surface area contributed by atoms with E-state index in [2.05, 4.69) is 0 Å². The predicted molar refractivity (Wildman–Crippen MR) is 69.7 cm³/mol. The molecular formula is C11H18KN3O2. The van der Waals surface area contributed by atoms with Crippen molar-refractivity contribution in [3.63, 3.8) is 0 Å². The molecule has 0 aromatic heterocycles. The van der Waals surface area contributed by atoms with Gasteiger partial charge in [-0.05, 0) is 12.0 Å². The Bertz CT molecular complexity index is 348. The molecule has 5 nitrogen and oxygen atoms in total. The monoisotopic (exact) mass is 263 g/mol. The van der Waals surface area contributed by atoms with E-state index in [0.717, 1.165) is 5.56 Å². The summed E-state index contributed by atoms with van der Waals surface area (Å²) in [6, 6.07) is 9.65. The maximum atomic E-state index is 10.3. The first-order valence-electron chi connectivity index (χ1n) is 5.20. The Morgan fingerprint density at radius 1 is 1.29 bits per heavy atom. The Morgan fingerprint density at radius 3 is 2.35 bits per heavy atom. The topological polar surface area (TPSA) is 95.2 Å². The van der Waals surface area contributed by atoms with E-state index in [-0.39, 0.29) is 69.4 Å². The van der Waals surface area contributed by atoms with Gasteiger partial charge in [0.2, 0.25) is 6.54 Å². The summed E-state index contributed by atoms with van der Waals surface area (Å²) in [6.45, 7) is 0.107. The van der Waals surface area contributed by atoms with Crippen LogP contribution in [0.2, 0.25) is 0 Å². The van der Waals surface area contributed by atoms with Gasteiger partial charge in [-0.2, -0.15) is 0 Å². The molecule has 0 heterocycles. The van der Waals surface area contributed by atoms with E-state index in [0.29, 0.717) is 12.8 Å². The zero-order valence-electron chi connectivity index (χ0n) is 9.13. The van der Waals surface area contributed by atoms with E-state index in [9.17, 15) is 10.1 Å². The fourth-order valence-corrected chi connectivity index (χ4v) is 1.58. The average molecular weight is 263 g/mol. The second kappa shape index (κ2) is 8.31. The molecule has 0 aliphatic carbocycles. The minimum atomic E-state index is -0.686. The molecule has 1 rings (SSSR count). The first-order chi connectivity index (χ1) is 7.56. The molecule has 6 heteroatoms. The van der Waals surface area contributed by atoms with Crippen LogP contribution in [-0.4, -0.2) is 74.9 Å². The fraction of sp³-hybridized carbons (Fsp3) is 0.455. The van der Waals surface area contributed by atoms with Crippen molar-refractivity contribution in [2.45, 2.75) is 18.4 Å². The summed E-state index contributed by atoms with van der Waals surface area (Å²) >= 11 is 0. The van der Waals surface area contributed by atoms with Gasteiger partial charge in [-0.15, -0.1) is 0 Å². The molecule has 1 unspecified atom stereocenters. The van der Waals surface area contributed by atoms with Crippen LogP contribution >= 0.6 is 0 Å². The predicted octanol–water partition coefficient (Wildman–Crippen LogP) is -0.0964. The summed E-state index contributed by atoms with van der Waals surface area (Å²) < 4.78 is 0. The third-order valence-electron chi connectivity index (χ3n) is 2.60. The second-order valence-corrected chi connectivity index (χ2v) is 4.04. The Hall–Kier alpha value is 0.176. The quantitative estimate of drug-likeness (QED) is 0.426. The summed E-state index contributed by atoms with van der Waals surface area (Å²) in [7, 11) is 0. The molecular weight excluding hydrogens is 245 g/mol. The molecule has 0 fully saturated rings. The number of nitrogens with two attached hydrogens (primary N) is 2. The van der Waals surface area contributed by atoms with Gasteiger partial charge in [0, 0.05) is 23.4 Å². The van der Waals surface area contributed by atoms with Crippen LogP contribution in [0.25, 0.3) is 0 Å². The SMILES string of the molecule is NCC(N)(CC[N+](=O)[O-])Cc1ccccc1.[KH]. The van der Waals surface area contributed by atoms with Crippen LogP contribution in [0.1, 0.15) is 12.0 Å². The zero-order chi connectivity index (χ0) is 12.0. The standard InChI is InChI=1S/C11H17N3O2.K.H/c12-9-11(13,6-7-14(15)16)8-10-4-2-1-3-5-10;;/h1-5H,6-9,12-13H2;;. The van der Waals surface area contributed by atoms with Gasteiger partial charge in [0.15, 0.2) is 0 Å². The summed E-state index contributed by atoms with van der Waals surface area (Å²) in [5.74, 6) is 0. The Balaban J connectivity index is 0.00000256. The molecule has 1 aromatic carbocycles. The molecule has 0 aliphatic rings. The maximum absolute atomic E-state index is 10.3. The van der Waals surface area contributed by atoms with Crippen LogP contribution in [0, 0.1) is 10.1 Å². The van der Waals surface area contributed by atoms with Gasteiger partial charge in [-0.3, -0.25) is 10.1 Å². The third kappa shape index (κ3) is 6.61. The van der Waals surface area contributed by atoms with E-state index in [4.69, 9.17) is 11.5 Å². The van der Waals surface area contributed by atoms with Gasteiger partial charge in [0.25, 0.3) is 0 Å². The van der Waals surface area contributed by atoms with Crippen LogP contribution in [0.15, 0.2) is 30.3 Å². The Kier molecular flexibility index (Phi) is 8.39. The fourth-order valence-electron chi connectivity index (χ4n) is 1.58. The van der Waals surface area contributed by atoms with E-state index >= 15 is 0 Å². The number of rotatable bonds is 6. The molecule has 1 aromatic rings. The van der Waals surface area contributed by atoms with E-state index in [1.807, 2.05) is 30.3 Å². The minimum absolute atomic E-state index is 0. The number of nitrogens with zero attached hydrogens (tertiary/aromatic N) is 1. The molecule has 0 radical (unpaired) electrons. The second-order valence-electron chi connectivity index (χ2n) is 4.04. The summed E-state index contributed by atoms with van der Waals surface area (Å²) in [5, 5.41) is 10.3. The van der Waals surface area contributed by atoms with Crippen LogP contribution < -0.4 is 11.5 Å². The molecule has 0 saturated heterocycles. The molecule has 0 bridgehead atoms. The molecule has 4 N–H and O–H groups in total. The first-order valence-corrected chi connectivity index (χ1v) is 5.20. The molecule has 0 spiro atoms. The van der Waals surface area contributed by atoms with E-state index in [1.165, 1.54) is 0 Å². The van der Waals surface area contributed by atoms with Crippen LogP contribution in [0.4, 0.5) is 0 Å². The van der Waals surface area contributed by atoms with Crippen LogP contribution in [0.5, 0.6) is 0 Å². The van der Waals surface area contributed by atoms with Crippen molar-refractivity contribution in [2.24, 2.45) is 11.5 Å². The summed E-state index contributed by atoms with van der Waals surface area (Å²) in [4.78, 5) is 9.96. The Labute approximate surface area is 144 Å². The van der Waals surface area contributed by atoms with Crippen LogP contribution in [0.3, 0.4) is 0 Å². The van der Waals surface area contributed by atoms with Crippen molar-refractivity contribution in [1.82, 2.24) is 0 Å². The van der Waals surface area contributed by atoms with Crippen molar-refractivity contribution in [3.8, 4) is 0 Å². The van der Waals surface area contributed by atoms with Gasteiger partial charge >= 0.3 is 51.4 Å². The van der Waals surface area contributed by atoms with Crippen molar-refractivity contribution in [1.29, 1.82) is 0 Å². The van der Waals surface area contributed by atoms with Crippen molar-refractivity contribution >= 4 is 51.4 Å². The van der Waals surface area contributed by atoms with Gasteiger partial charge in [-0.25, -0.2) is 0 Å². The average Bonchev–Trinajstić information content (AvgIpc) is 2.28. The Morgan fingerprint density at radius 2 is 1.88 bits per heavy atom. The van der Waals surface area contributed by atoms with Gasteiger partial charge in [0.1, 0.15) is 0 Å². The summed E-state index contributed by atoms with van der Waals surface area (Å²) in [6.07, 6.45) is 0.865. The van der Waals surface area contributed by atoms with E-state index < -0.39 is 5.54 Å². The first kappa shape index (κ1) is 17.2. The van der Waals surface area contributed by atoms with Gasteiger partial charge in [-0.1, -0.05) is 30.3 Å². The normalized spacial score (nSPS) is 13.5. The molecule has 90 valence electrons. The third-order valence-corrected chi connectivity index (χ3v) is 2.60.